The van der Waals surface area contributed by atoms with Gasteiger partial charge in [0.15, 0.2) is 0 Å². The smallest absolute Gasteiger partial charge is 0.263 e. The number of hydrogen-bond donors (Lipinski definition) is 1. The van der Waals surface area contributed by atoms with Gasteiger partial charge in [0.05, 0.1) is 24.5 Å². The average molecular weight is 440 g/mol. The van der Waals surface area contributed by atoms with Crippen molar-refractivity contribution in [3.05, 3.63) is 75.6 Å². The van der Waals surface area contributed by atoms with Crippen LogP contribution in [0.15, 0.2) is 65.0 Å². The van der Waals surface area contributed by atoms with Gasteiger partial charge in [-0.3, -0.25) is 14.2 Å². The predicted octanol–water partition coefficient (Wildman–Crippen LogP) is 4.99. The quantitative estimate of drug-likeness (QED) is 0.475. The zero-order valence-corrected chi connectivity index (χ0v) is 17.8. The van der Waals surface area contributed by atoms with Crippen LogP contribution in [0, 0.1) is 0 Å². The number of hydrogen-bond acceptors (Lipinski definition) is 5. The van der Waals surface area contributed by atoms with Gasteiger partial charge in [-0.1, -0.05) is 35.9 Å². The van der Waals surface area contributed by atoms with E-state index >= 15 is 0 Å². The minimum absolute atomic E-state index is 0.270. The van der Waals surface area contributed by atoms with E-state index in [1.807, 2.05) is 23.6 Å². The Morgan fingerprint density at radius 3 is 2.67 bits per heavy atom. The molecular weight excluding hydrogens is 422 g/mol. The molecule has 0 saturated carbocycles. The SMILES string of the molecule is COc1ccccc1NC(=O)C(C)n1cnc2scc(-c3ccc(Cl)cc3)c2c1=O. The van der Waals surface area contributed by atoms with Gasteiger partial charge < -0.3 is 10.1 Å². The van der Waals surface area contributed by atoms with Crippen LogP contribution in [-0.4, -0.2) is 22.6 Å². The standard InChI is InChI=1S/C22H18ClN3O3S/c1-13(20(27)25-17-5-3-4-6-18(17)29-2)26-12-24-21-19(22(26)28)16(11-30-21)14-7-9-15(23)10-8-14/h3-13H,1-2H3,(H,25,27). The van der Waals surface area contributed by atoms with Crippen molar-refractivity contribution in [2.24, 2.45) is 0 Å². The van der Waals surface area contributed by atoms with Crippen molar-refractivity contribution in [3.63, 3.8) is 0 Å². The molecule has 0 fully saturated rings. The van der Waals surface area contributed by atoms with Crippen LogP contribution in [-0.2, 0) is 4.79 Å². The van der Waals surface area contributed by atoms with Crippen LogP contribution < -0.4 is 15.6 Å². The highest BCUT2D eigenvalue weighted by Crippen LogP contribution is 2.31. The Morgan fingerprint density at radius 1 is 1.20 bits per heavy atom. The Morgan fingerprint density at radius 2 is 1.93 bits per heavy atom. The van der Waals surface area contributed by atoms with Gasteiger partial charge in [-0.2, -0.15) is 0 Å². The molecule has 4 aromatic rings. The van der Waals surface area contributed by atoms with E-state index in [4.69, 9.17) is 16.3 Å². The second kappa shape index (κ2) is 8.30. The molecule has 0 aliphatic heterocycles. The number of nitrogens with one attached hydrogen (secondary N) is 1. The third-order valence-corrected chi connectivity index (χ3v) is 5.97. The Balaban J connectivity index is 1.71. The van der Waals surface area contributed by atoms with Crippen molar-refractivity contribution in [1.82, 2.24) is 9.55 Å². The van der Waals surface area contributed by atoms with Gasteiger partial charge >= 0.3 is 0 Å². The molecule has 30 heavy (non-hydrogen) atoms. The van der Waals surface area contributed by atoms with Crippen LogP contribution in [0.1, 0.15) is 13.0 Å². The van der Waals surface area contributed by atoms with Crippen molar-refractivity contribution < 1.29 is 9.53 Å². The number of amides is 1. The van der Waals surface area contributed by atoms with Crippen molar-refractivity contribution in [3.8, 4) is 16.9 Å². The van der Waals surface area contributed by atoms with Crippen molar-refractivity contribution >= 4 is 44.7 Å². The average Bonchev–Trinajstić information content (AvgIpc) is 3.19. The number of para-hydroxylation sites is 2. The number of halogens is 1. The molecule has 0 aliphatic carbocycles. The molecule has 8 heteroatoms. The molecule has 2 aromatic carbocycles. The number of carbonyl (C=O) groups excluding carboxylic acids is 1. The van der Waals surface area contributed by atoms with Crippen LogP contribution in [0.2, 0.25) is 5.02 Å². The van der Waals surface area contributed by atoms with Crippen LogP contribution in [0.5, 0.6) is 5.75 Å². The van der Waals surface area contributed by atoms with E-state index in [1.54, 1.807) is 37.3 Å². The maximum absolute atomic E-state index is 13.3. The summed E-state index contributed by atoms with van der Waals surface area (Å²) in [6.07, 6.45) is 1.42. The van der Waals surface area contributed by atoms with Gasteiger partial charge in [-0.05, 0) is 36.8 Å². The van der Waals surface area contributed by atoms with Gasteiger partial charge in [0, 0.05) is 16.0 Å². The summed E-state index contributed by atoms with van der Waals surface area (Å²) in [5, 5.41) is 5.82. The number of benzene rings is 2. The Labute approximate surface area is 181 Å². The molecule has 2 heterocycles. The van der Waals surface area contributed by atoms with Gasteiger partial charge in [0.2, 0.25) is 5.91 Å². The molecule has 0 bridgehead atoms. The molecule has 0 saturated heterocycles. The largest absolute Gasteiger partial charge is 0.495 e. The number of rotatable bonds is 5. The monoisotopic (exact) mass is 439 g/mol. The highest BCUT2D eigenvalue weighted by Gasteiger charge is 2.21. The molecule has 0 spiro atoms. The van der Waals surface area contributed by atoms with Gasteiger partial charge in [0.25, 0.3) is 5.56 Å². The van der Waals surface area contributed by atoms with Crippen molar-refractivity contribution in [2.75, 3.05) is 12.4 Å². The molecule has 6 nitrogen and oxygen atoms in total. The Kier molecular flexibility index (Phi) is 5.57. The Hall–Kier alpha value is -3.16. The lowest BCUT2D eigenvalue weighted by molar-refractivity contribution is -0.118. The minimum Gasteiger partial charge on any atom is -0.495 e. The fourth-order valence-electron chi connectivity index (χ4n) is 3.17. The van der Waals surface area contributed by atoms with Crippen LogP contribution >= 0.6 is 22.9 Å². The lowest BCUT2D eigenvalue weighted by Crippen LogP contribution is -2.31. The summed E-state index contributed by atoms with van der Waals surface area (Å²) in [7, 11) is 1.53. The first-order chi connectivity index (χ1) is 14.5. The minimum atomic E-state index is -0.766. The third-order valence-electron chi connectivity index (χ3n) is 4.84. The number of aromatic nitrogens is 2. The molecule has 1 unspecified atom stereocenters. The molecule has 152 valence electrons. The van der Waals surface area contributed by atoms with Gasteiger partial charge in [0.1, 0.15) is 16.6 Å². The highest BCUT2D eigenvalue weighted by atomic mass is 35.5. The first-order valence-corrected chi connectivity index (χ1v) is 10.4. The number of nitrogens with zero attached hydrogens (tertiary/aromatic N) is 2. The summed E-state index contributed by atoms with van der Waals surface area (Å²) in [6.45, 7) is 1.66. The molecule has 1 atom stereocenters. The topological polar surface area (TPSA) is 73.2 Å². The molecular formula is C22H18ClN3O3S. The summed E-state index contributed by atoms with van der Waals surface area (Å²) < 4.78 is 6.62. The zero-order chi connectivity index (χ0) is 21.3. The number of anilines is 1. The maximum Gasteiger partial charge on any atom is 0.263 e. The third kappa shape index (κ3) is 3.69. The molecule has 0 aliphatic rings. The molecule has 2 aromatic heterocycles. The molecule has 4 rings (SSSR count). The van der Waals surface area contributed by atoms with E-state index < -0.39 is 6.04 Å². The summed E-state index contributed by atoms with van der Waals surface area (Å²) >= 11 is 7.37. The number of methoxy groups -OCH3 is 1. The lowest BCUT2D eigenvalue weighted by Gasteiger charge is -2.16. The molecule has 1 amide bonds. The van der Waals surface area contributed by atoms with Gasteiger partial charge in [-0.25, -0.2) is 4.98 Å². The molecule has 0 radical (unpaired) electrons. The summed E-state index contributed by atoms with van der Waals surface area (Å²) in [6, 6.07) is 13.6. The van der Waals surface area contributed by atoms with Crippen LogP contribution in [0.25, 0.3) is 21.3 Å². The first kappa shape index (κ1) is 20.1. The fourth-order valence-corrected chi connectivity index (χ4v) is 4.21. The number of carbonyl (C=O) groups is 1. The van der Waals surface area contributed by atoms with E-state index in [1.165, 1.54) is 29.3 Å². The zero-order valence-electron chi connectivity index (χ0n) is 16.3. The fraction of sp³-hybridized carbons (Fsp3) is 0.136. The van der Waals surface area contributed by atoms with E-state index in [0.717, 1.165) is 11.1 Å². The van der Waals surface area contributed by atoms with Crippen LogP contribution in [0.4, 0.5) is 5.69 Å². The Bertz CT molecular complexity index is 1280. The number of thiophene rings is 1. The van der Waals surface area contributed by atoms with Crippen molar-refractivity contribution in [1.29, 1.82) is 0 Å². The second-order valence-electron chi connectivity index (χ2n) is 6.66. The van der Waals surface area contributed by atoms with E-state index in [0.29, 0.717) is 26.7 Å². The van der Waals surface area contributed by atoms with E-state index in [9.17, 15) is 9.59 Å². The van der Waals surface area contributed by atoms with Crippen molar-refractivity contribution in [2.45, 2.75) is 13.0 Å². The lowest BCUT2D eigenvalue weighted by atomic mass is 10.1. The second-order valence-corrected chi connectivity index (χ2v) is 7.95. The normalized spacial score (nSPS) is 12.0. The predicted molar refractivity (Wildman–Crippen MR) is 121 cm³/mol. The highest BCUT2D eigenvalue weighted by molar-refractivity contribution is 7.17. The first-order valence-electron chi connectivity index (χ1n) is 9.17. The van der Waals surface area contributed by atoms with E-state index in [2.05, 4.69) is 10.3 Å². The molecule has 1 N–H and O–H groups in total. The summed E-state index contributed by atoms with van der Waals surface area (Å²) in [5.74, 6) is 0.202. The maximum atomic E-state index is 13.3. The summed E-state index contributed by atoms with van der Waals surface area (Å²) in [5.41, 5.74) is 1.91. The number of ether oxygens (including phenoxy) is 1. The van der Waals surface area contributed by atoms with E-state index in [-0.39, 0.29) is 11.5 Å². The van der Waals surface area contributed by atoms with Crippen LogP contribution in [0.3, 0.4) is 0 Å². The number of fused-ring (bicyclic) bond motifs is 1. The summed E-state index contributed by atoms with van der Waals surface area (Å²) in [4.78, 5) is 31.1. The van der Waals surface area contributed by atoms with Gasteiger partial charge in [-0.15, -0.1) is 11.3 Å².